The molecule has 23 heavy (non-hydrogen) atoms. The molecule has 3 aromatic rings. The molecule has 0 saturated carbocycles. The van der Waals surface area contributed by atoms with Gasteiger partial charge in [-0.05, 0) is 24.3 Å². The molecule has 0 unspecified atom stereocenters. The molecule has 7 heteroatoms. The lowest BCUT2D eigenvalue weighted by Crippen LogP contribution is -2.08. The van der Waals surface area contributed by atoms with Gasteiger partial charge in [0, 0.05) is 25.9 Å². The Morgan fingerprint density at radius 3 is 2.65 bits per heavy atom. The molecule has 0 aliphatic heterocycles. The second kappa shape index (κ2) is 6.60. The van der Waals surface area contributed by atoms with E-state index in [1.54, 1.807) is 0 Å². The first-order chi connectivity index (χ1) is 11.1. The summed E-state index contributed by atoms with van der Waals surface area (Å²) < 4.78 is 3.67. The molecule has 0 radical (unpaired) electrons. The maximum Gasteiger partial charge on any atom is 0.191 e. The Balaban J connectivity index is 1.77. The lowest BCUT2D eigenvalue weighted by Gasteiger charge is -2.05. The summed E-state index contributed by atoms with van der Waals surface area (Å²) >= 11 is 7.57. The van der Waals surface area contributed by atoms with Gasteiger partial charge in [0.1, 0.15) is 0 Å². The first-order valence-electron chi connectivity index (χ1n) is 6.99. The van der Waals surface area contributed by atoms with Crippen molar-refractivity contribution in [3.63, 3.8) is 0 Å². The number of hydrogen-bond acceptors (Lipinski definition) is 4. The molecule has 2 aromatic heterocycles. The van der Waals surface area contributed by atoms with Gasteiger partial charge in [-0.2, -0.15) is 0 Å². The Bertz CT molecular complexity index is 855. The van der Waals surface area contributed by atoms with Crippen LogP contribution in [0.25, 0.3) is 11.4 Å². The highest BCUT2D eigenvalue weighted by Gasteiger charge is 2.16. The van der Waals surface area contributed by atoms with Gasteiger partial charge >= 0.3 is 0 Å². The van der Waals surface area contributed by atoms with E-state index < -0.39 is 0 Å². The van der Waals surface area contributed by atoms with Gasteiger partial charge in [0.05, 0.1) is 16.5 Å². The van der Waals surface area contributed by atoms with Crippen LogP contribution in [-0.2, 0) is 14.1 Å². The quantitative estimate of drug-likeness (QED) is 0.524. The SMILES string of the molecule is Cn1cccc1C(=O)CSc1nnc(-c2ccccc2Cl)n1C. The Morgan fingerprint density at radius 2 is 1.96 bits per heavy atom. The largest absolute Gasteiger partial charge is 0.348 e. The number of thioether (sulfide) groups is 1. The van der Waals surface area contributed by atoms with Crippen molar-refractivity contribution in [3.8, 4) is 11.4 Å². The summed E-state index contributed by atoms with van der Waals surface area (Å²) in [6.45, 7) is 0. The minimum absolute atomic E-state index is 0.0600. The number of Topliss-reactive ketones (excluding diaryl/α,β-unsaturated/α-hetero) is 1. The van der Waals surface area contributed by atoms with Gasteiger partial charge in [-0.15, -0.1) is 10.2 Å². The van der Waals surface area contributed by atoms with Gasteiger partial charge < -0.3 is 9.13 Å². The number of aromatic nitrogens is 4. The van der Waals surface area contributed by atoms with Crippen molar-refractivity contribution in [3.05, 3.63) is 53.3 Å². The van der Waals surface area contributed by atoms with Crippen LogP contribution in [0.4, 0.5) is 0 Å². The molecule has 0 amide bonds. The standard InChI is InChI=1S/C16H15ClN4OS/c1-20-9-5-8-13(20)14(22)10-23-16-19-18-15(21(16)2)11-6-3-4-7-12(11)17/h3-9H,10H2,1-2H3. The van der Waals surface area contributed by atoms with Gasteiger partial charge in [-0.1, -0.05) is 35.5 Å². The smallest absolute Gasteiger partial charge is 0.191 e. The van der Waals surface area contributed by atoms with Crippen molar-refractivity contribution in [1.29, 1.82) is 0 Å². The highest BCUT2D eigenvalue weighted by molar-refractivity contribution is 7.99. The first-order valence-corrected chi connectivity index (χ1v) is 8.36. The molecule has 2 heterocycles. The van der Waals surface area contributed by atoms with E-state index in [4.69, 9.17) is 11.6 Å². The zero-order valence-electron chi connectivity index (χ0n) is 12.7. The Morgan fingerprint density at radius 1 is 1.17 bits per heavy atom. The van der Waals surface area contributed by atoms with Crippen LogP contribution in [-0.4, -0.2) is 30.9 Å². The predicted octanol–water partition coefficient (Wildman–Crippen LogP) is 3.45. The maximum atomic E-state index is 12.2. The third-order valence-electron chi connectivity index (χ3n) is 3.51. The average molecular weight is 347 g/mol. The number of ketones is 1. The molecule has 5 nitrogen and oxygen atoms in total. The third kappa shape index (κ3) is 3.18. The fourth-order valence-corrected chi connectivity index (χ4v) is 3.28. The minimum atomic E-state index is 0.0600. The normalized spacial score (nSPS) is 10.9. The Labute approximate surface area is 143 Å². The zero-order chi connectivity index (χ0) is 16.4. The van der Waals surface area contributed by atoms with E-state index in [1.807, 2.05) is 65.8 Å². The van der Waals surface area contributed by atoms with Crippen molar-refractivity contribution in [2.75, 3.05) is 5.75 Å². The number of rotatable bonds is 5. The van der Waals surface area contributed by atoms with E-state index in [2.05, 4.69) is 10.2 Å². The number of carbonyl (C=O) groups is 1. The molecule has 0 bridgehead atoms. The molecule has 0 aliphatic rings. The Hall–Kier alpha value is -2.05. The molecule has 1 aromatic carbocycles. The lowest BCUT2D eigenvalue weighted by atomic mass is 10.2. The molecule has 0 atom stereocenters. The number of nitrogens with zero attached hydrogens (tertiary/aromatic N) is 4. The van der Waals surface area contributed by atoms with Gasteiger partial charge in [-0.3, -0.25) is 4.79 Å². The van der Waals surface area contributed by atoms with Crippen LogP contribution in [0.15, 0.2) is 47.8 Å². The number of benzene rings is 1. The number of hydrogen-bond donors (Lipinski definition) is 0. The highest BCUT2D eigenvalue weighted by atomic mass is 35.5. The second-order valence-electron chi connectivity index (χ2n) is 5.06. The van der Waals surface area contributed by atoms with Gasteiger partial charge in [-0.25, -0.2) is 0 Å². The molecule has 0 saturated heterocycles. The van der Waals surface area contributed by atoms with Crippen LogP contribution < -0.4 is 0 Å². The van der Waals surface area contributed by atoms with Crippen LogP contribution in [0.2, 0.25) is 5.02 Å². The van der Waals surface area contributed by atoms with Crippen LogP contribution in [0.5, 0.6) is 0 Å². The second-order valence-corrected chi connectivity index (χ2v) is 6.41. The maximum absolute atomic E-state index is 12.2. The summed E-state index contributed by atoms with van der Waals surface area (Å²) in [7, 11) is 3.73. The molecular formula is C16H15ClN4OS. The highest BCUT2D eigenvalue weighted by Crippen LogP contribution is 2.28. The number of carbonyl (C=O) groups excluding carboxylic acids is 1. The van der Waals surface area contributed by atoms with Crippen molar-refractivity contribution >= 4 is 29.1 Å². The van der Waals surface area contributed by atoms with Gasteiger partial charge in [0.2, 0.25) is 0 Å². The summed E-state index contributed by atoms with van der Waals surface area (Å²) in [4.78, 5) is 12.2. The summed E-state index contributed by atoms with van der Waals surface area (Å²) in [5.74, 6) is 1.06. The molecule has 3 rings (SSSR count). The monoisotopic (exact) mass is 346 g/mol. The topological polar surface area (TPSA) is 52.7 Å². The molecule has 0 aliphatic carbocycles. The fourth-order valence-electron chi connectivity index (χ4n) is 2.27. The average Bonchev–Trinajstić information content (AvgIpc) is 3.12. The van der Waals surface area contributed by atoms with Crippen LogP contribution in [0.3, 0.4) is 0 Å². The molecule has 0 spiro atoms. The first kappa shape index (κ1) is 15.8. The Kier molecular flexibility index (Phi) is 4.54. The van der Waals surface area contributed by atoms with Crippen molar-refractivity contribution in [1.82, 2.24) is 19.3 Å². The minimum Gasteiger partial charge on any atom is -0.348 e. The molecular weight excluding hydrogens is 332 g/mol. The number of halogens is 1. The van der Waals surface area contributed by atoms with Crippen molar-refractivity contribution in [2.24, 2.45) is 14.1 Å². The molecule has 0 fully saturated rings. The molecule has 0 N–H and O–H groups in total. The summed E-state index contributed by atoms with van der Waals surface area (Å²) in [6, 6.07) is 11.2. The van der Waals surface area contributed by atoms with Crippen molar-refractivity contribution in [2.45, 2.75) is 5.16 Å². The van der Waals surface area contributed by atoms with E-state index in [1.165, 1.54) is 11.8 Å². The van der Waals surface area contributed by atoms with Crippen LogP contribution >= 0.6 is 23.4 Å². The predicted molar refractivity (Wildman–Crippen MR) is 91.9 cm³/mol. The van der Waals surface area contributed by atoms with Gasteiger partial charge in [0.15, 0.2) is 16.8 Å². The van der Waals surface area contributed by atoms with E-state index >= 15 is 0 Å². The van der Waals surface area contributed by atoms with E-state index in [9.17, 15) is 4.79 Å². The summed E-state index contributed by atoms with van der Waals surface area (Å²) in [5.41, 5.74) is 1.51. The van der Waals surface area contributed by atoms with Crippen LogP contribution in [0.1, 0.15) is 10.5 Å². The third-order valence-corrected chi connectivity index (χ3v) is 4.86. The van der Waals surface area contributed by atoms with E-state index in [0.717, 1.165) is 5.56 Å². The fraction of sp³-hybridized carbons (Fsp3) is 0.188. The molecule has 118 valence electrons. The summed E-state index contributed by atoms with van der Waals surface area (Å²) in [5, 5.41) is 9.67. The lowest BCUT2D eigenvalue weighted by molar-refractivity contribution is 0.101. The van der Waals surface area contributed by atoms with E-state index in [-0.39, 0.29) is 5.78 Å². The summed E-state index contributed by atoms with van der Waals surface area (Å²) in [6.07, 6.45) is 1.86. The zero-order valence-corrected chi connectivity index (χ0v) is 14.3. The van der Waals surface area contributed by atoms with Gasteiger partial charge in [0.25, 0.3) is 0 Å². The van der Waals surface area contributed by atoms with Crippen molar-refractivity contribution < 1.29 is 4.79 Å². The number of aryl methyl sites for hydroxylation is 1. The van der Waals surface area contributed by atoms with E-state index in [0.29, 0.717) is 27.5 Å². The van der Waals surface area contributed by atoms with Crippen LogP contribution in [0, 0.1) is 0 Å².